The molecule has 2 rings (SSSR count). The number of hydrogen-bond donors (Lipinski definition) is 1. The summed E-state index contributed by atoms with van der Waals surface area (Å²) >= 11 is 12.1. The van der Waals surface area contributed by atoms with Crippen molar-refractivity contribution in [1.82, 2.24) is 0 Å². The first-order chi connectivity index (χ1) is 9.63. The third kappa shape index (κ3) is 3.24. The molecule has 2 aromatic rings. The quantitative estimate of drug-likeness (QED) is 0.851. The maximum absolute atomic E-state index is 11.7. The van der Waals surface area contributed by atoms with E-state index in [4.69, 9.17) is 27.9 Å². The second kappa shape index (κ2) is 6.64. The van der Waals surface area contributed by atoms with E-state index in [1.165, 1.54) is 7.11 Å². The zero-order chi connectivity index (χ0) is 14.5. The number of ether oxygens (including phenoxy) is 1. The van der Waals surface area contributed by atoms with E-state index >= 15 is 0 Å². The van der Waals surface area contributed by atoms with Gasteiger partial charge in [0.1, 0.15) is 0 Å². The number of benzene rings is 2. The van der Waals surface area contributed by atoms with Gasteiger partial charge in [0, 0.05) is 6.54 Å². The SMILES string of the molecule is COC(=O)c1ccccc1CNc1cccc(Cl)c1Cl. The van der Waals surface area contributed by atoms with Gasteiger partial charge in [0.2, 0.25) is 0 Å². The summed E-state index contributed by atoms with van der Waals surface area (Å²) in [5.41, 5.74) is 2.08. The van der Waals surface area contributed by atoms with Crippen molar-refractivity contribution in [3.63, 3.8) is 0 Å². The largest absolute Gasteiger partial charge is 0.465 e. The Bertz CT molecular complexity index is 629. The van der Waals surface area contributed by atoms with E-state index in [0.29, 0.717) is 22.2 Å². The van der Waals surface area contributed by atoms with Crippen LogP contribution in [0.2, 0.25) is 10.0 Å². The fourth-order valence-corrected chi connectivity index (χ4v) is 2.18. The van der Waals surface area contributed by atoms with Crippen LogP contribution in [0.4, 0.5) is 5.69 Å². The smallest absolute Gasteiger partial charge is 0.338 e. The molecule has 0 bridgehead atoms. The van der Waals surface area contributed by atoms with Gasteiger partial charge < -0.3 is 10.1 Å². The Morgan fingerprint density at radius 1 is 1.15 bits per heavy atom. The molecule has 5 heteroatoms. The van der Waals surface area contributed by atoms with Crippen molar-refractivity contribution in [2.75, 3.05) is 12.4 Å². The first kappa shape index (κ1) is 14.7. The number of halogens is 2. The molecule has 0 saturated heterocycles. The monoisotopic (exact) mass is 309 g/mol. The minimum absolute atomic E-state index is 0.361. The Morgan fingerprint density at radius 3 is 2.65 bits per heavy atom. The average molecular weight is 310 g/mol. The first-order valence-corrected chi connectivity index (χ1v) is 6.73. The summed E-state index contributed by atoms with van der Waals surface area (Å²) in [6, 6.07) is 12.6. The van der Waals surface area contributed by atoms with E-state index in [9.17, 15) is 4.79 Å². The summed E-state index contributed by atoms with van der Waals surface area (Å²) in [5.74, 6) is -0.361. The van der Waals surface area contributed by atoms with Gasteiger partial charge in [-0.3, -0.25) is 0 Å². The van der Waals surface area contributed by atoms with Crippen molar-refractivity contribution >= 4 is 34.9 Å². The highest BCUT2D eigenvalue weighted by molar-refractivity contribution is 6.43. The Kier molecular flexibility index (Phi) is 4.88. The third-order valence-corrected chi connectivity index (χ3v) is 3.66. The fraction of sp³-hybridized carbons (Fsp3) is 0.133. The number of carbonyl (C=O) groups excluding carboxylic acids is 1. The van der Waals surface area contributed by atoms with Crippen LogP contribution < -0.4 is 5.32 Å². The molecular formula is C15H13Cl2NO2. The topological polar surface area (TPSA) is 38.3 Å². The van der Waals surface area contributed by atoms with Gasteiger partial charge in [-0.25, -0.2) is 4.79 Å². The minimum atomic E-state index is -0.361. The molecule has 0 atom stereocenters. The van der Waals surface area contributed by atoms with Crippen LogP contribution in [0.3, 0.4) is 0 Å². The molecule has 104 valence electrons. The van der Waals surface area contributed by atoms with E-state index in [1.807, 2.05) is 24.3 Å². The van der Waals surface area contributed by atoms with Crippen LogP contribution in [-0.4, -0.2) is 13.1 Å². The molecule has 0 saturated carbocycles. The Labute approximate surface area is 127 Å². The molecule has 20 heavy (non-hydrogen) atoms. The normalized spacial score (nSPS) is 10.2. The highest BCUT2D eigenvalue weighted by Gasteiger charge is 2.11. The lowest BCUT2D eigenvalue weighted by Crippen LogP contribution is -2.09. The first-order valence-electron chi connectivity index (χ1n) is 5.97. The van der Waals surface area contributed by atoms with Crippen molar-refractivity contribution in [3.05, 3.63) is 63.6 Å². The summed E-state index contributed by atoms with van der Waals surface area (Å²) in [6.45, 7) is 0.450. The minimum Gasteiger partial charge on any atom is -0.465 e. The third-order valence-electron chi connectivity index (χ3n) is 2.84. The number of nitrogens with one attached hydrogen (secondary N) is 1. The Hall–Kier alpha value is -1.71. The van der Waals surface area contributed by atoms with E-state index in [0.717, 1.165) is 11.3 Å². The highest BCUT2D eigenvalue weighted by atomic mass is 35.5. The van der Waals surface area contributed by atoms with Crippen LogP contribution in [0, 0.1) is 0 Å². The zero-order valence-electron chi connectivity index (χ0n) is 10.8. The van der Waals surface area contributed by atoms with E-state index < -0.39 is 0 Å². The Morgan fingerprint density at radius 2 is 1.90 bits per heavy atom. The molecule has 0 fully saturated rings. The van der Waals surface area contributed by atoms with Gasteiger partial charge in [-0.1, -0.05) is 47.5 Å². The average Bonchev–Trinajstić information content (AvgIpc) is 2.48. The van der Waals surface area contributed by atoms with Crippen molar-refractivity contribution in [2.45, 2.75) is 6.54 Å². The summed E-state index contributed by atoms with van der Waals surface area (Å²) in [6.07, 6.45) is 0. The number of carbonyl (C=O) groups is 1. The van der Waals surface area contributed by atoms with Crippen molar-refractivity contribution in [1.29, 1.82) is 0 Å². The van der Waals surface area contributed by atoms with Crippen LogP contribution in [-0.2, 0) is 11.3 Å². The van der Waals surface area contributed by atoms with Gasteiger partial charge in [-0.05, 0) is 23.8 Å². The maximum atomic E-state index is 11.7. The van der Waals surface area contributed by atoms with Gasteiger partial charge in [0.05, 0.1) is 28.4 Å². The summed E-state index contributed by atoms with van der Waals surface area (Å²) in [5, 5.41) is 4.11. The van der Waals surface area contributed by atoms with Crippen LogP contribution >= 0.6 is 23.2 Å². The van der Waals surface area contributed by atoms with Crippen molar-refractivity contribution in [3.8, 4) is 0 Å². The van der Waals surface area contributed by atoms with Gasteiger partial charge in [-0.2, -0.15) is 0 Å². The summed E-state index contributed by atoms with van der Waals surface area (Å²) in [7, 11) is 1.36. The predicted molar refractivity (Wildman–Crippen MR) is 81.6 cm³/mol. The lowest BCUT2D eigenvalue weighted by atomic mass is 10.1. The molecule has 3 nitrogen and oxygen atoms in total. The number of rotatable bonds is 4. The molecule has 0 aliphatic rings. The number of hydrogen-bond acceptors (Lipinski definition) is 3. The number of esters is 1. The molecule has 0 radical (unpaired) electrons. The van der Waals surface area contributed by atoms with E-state index in [2.05, 4.69) is 5.32 Å². The molecular weight excluding hydrogens is 297 g/mol. The number of anilines is 1. The molecule has 0 spiro atoms. The predicted octanol–water partition coefficient (Wildman–Crippen LogP) is 4.39. The summed E-state index contributed by atoms with van der Waals surface area (Å²) < 4.78 is 4.76. The van der Waals surface area contributed by atoms with E-state index in [1.54, 1.807) is 18.2 Å². The molecule has 1 N–H and O–H groups in total. The molecule has 0 aliphatic heterocycles. The maximum Gasteiger partial charge on any atom is 0.338 e. The number of methoxy groups -OCH3 is 1. The summed E-state index contributed by atoms with van der Waals surface area (Å²) in [4.78, 5) is 11.7. The molecule has 0 unspecified atom stereocenters. The highest BCUT2D eigenvalue weighted by Crippen LogP contribution is 2.30. The lowest BCUT2D eigenvalue weighted by Gasteiger charge is -2.11. The lowest BCUT2D eigenvalue weighted by molar-refractivity contribution is 0.0599. The van der Waals surface area contributed by atoms with Crippen LogP contribution in [0.25, 0.3) is 0 Å². The van der Waals surface area contributed by atoms with Crippen LogP contribution in [0.5, 0.6) is 0 Å². The van der Waals surface area contributed by atoms with Gasteiger partial charge in [0.25, 0.3) is 0 Å². The van der Waals surface area contributed by atoms with E-state index in [-0.39, 0.29) is 5.97 Å². The van der Waals surface area contributed by atoms with Crippen LogP contribution in [0.15, 0.2) is 42.5 Å². The standard InChI is InChI=1S/C15H13Cl2NO2/c1-20-15(19)11-6-3-2-5-10(11)9-18-13-8-4-7-12(16)14(13)17/h2-8,18H,9H2,1H3. The second-order valence-corrected chi connectivity index (χ2v) is 4.89. The molecule has 0 amide bonds. The molecule has 0 aromatic heterocycles. The zero-order valence-corrected chi connectivity index (χ0v) is 12.3. The van der Waals surface area contributed by atoms with Crippen molar-refractivity contribution < 1.29 is 9.53 Å². The molecule has 0 heterocycles. The molecule has 0 aliphatic carbocycles. The second-order valence-electron chi connectivity index (χ2n) is 4.10. The van der Waals surface area contributed by atoms with Gasteiger partial charge >= 0.3 is 5.97 Å². The van der Waals surface area contributed by atoms with Gasteiger partial charge in [0.15, 0.2) is 0 Å². The van der Waals surface area contributed by atoms with Crippen LogP contribution in [0.1, 0.15) is 15.9 Å². The fourth-order valence-electron chi connectivity index (χ4n) is 1.81. The Balaban J connectivity index is 2.19. The molecule has 2 aromatic carbocycles. The van der Waals surface area contributed by atoms with Crippen molar-refractivity contribution in [2.24, 2.45) is 0 Å². The van der Waals surface area contributed by atoms with Gasteiger partial charge in [-0.15, -0.1) is 0 Å².